The van der Waals surface area contributed by atoms with Crippen molar-refractivity contribution in [3.8, 4) is 0 Å². The number of methoxy groups -OCH3 is 1. The average molecular weight is 263 g/mol. The summed E-state index contributed by atoms with van der Waals surface area (Å²) < 4.78 is 6.99. The molecule has 0 amide bonds. The Morgan fingerprint density at radius 1 is 1.37 bits per heavy atom. The molecule has 2 fully saturated rings. The van der Waals surface area contributed by atoms with E-state index in [-0.39, 0.29) is 0 Å². The van der Waals surface area contributed by atoms with Crippen molar-refractivity contribution in [2.75, 3.05) is 18.6 Å². The van der Waals surface area contributed by atoms with Crippen molar-refractivity contribution in [1.82, 2.24) is 9.78 Å². The van der Waals surface area contributed by atoms with Gasteiger partial charge in [0.05, 0.1) is 25.0 Å². The zero-order chi connectivity index (χ0) is 13.2. The van der Waals surface area contributed by atoms with Gasteiger partial charge in [-0.3, -0.25) is 9.48 Å². The van der Waals surface area contributed by atoms with Crippen molar-refractivity contribution in [2.45, 2.75) is 50.7 Å². The Bertz CT molecular complexity index is 441. The predicted molar refractivity (Wildman–Crippen MR) is 72.3 cm³/mol. The van der Waals surface area contributed by atoms with Gasteiger partial charge in [-0.05, 0) is 19.3 Å². The molecule has 2 atom stereocenters. The molecule has 0 radical (unpaired) electrons. The standard InChI is InChI=1S/C14H21N3O2/c1-19-6-5-16-10-13(9-15-16)17-11-3-2-4-12(17)8-14(18)7-11/h9-12H,2-8H2,1H3. The van der Waals surface area contributed by atoms with E-state index in [0.717, 1.165) is 19.4 Å². The summed E-state index contributed by atoms with van der Waals surface area (Å²) in [7, 11) is 1.70. The number of carbonyl (C=O) groups is 1. The molecule has 104 valence electrons. The lowest BCUT2D eigenvalue weighted by Gasteiger charge is -2.46. The number of nitrogens with zero attached hydrogens (tertiary/aromatic N) is 3. The van der Waals surface area contributed by atoms with E-state index in [2.05, 4.69) is 16.2 Å². The Balaban J connectivity index is 1.77. The molecule has 5 heteroatoms. The van der Waals surface area contributed by atoms with Gasteiger partial charge in [-0.2, -0.15) is 5.10 Å². The number of aromatic nitrogens is 2. The van der Waals surface area contributed by atoms with Crippen LogP contribution in [0.2, 0.25) is 0 Å². The van der Waals surface area contributed by atoms with Crippen LogP contribution in [0, 0.1) is 0 Å². The van der Waals surface area contributed by atoms with Crippen molar-refractivity contribution in [3.05, 3.63) is 12.4 Å². The Morgan fingerprint density at radius 2 is 2.11 bits per heavy atom. The fourth-order valence-corrected chi connectivity index (χ4v) is 3.39. The molecule has 2 aliphatic rings. The van der Waals surface area contributed by atoms with Gasteiger partial charge >= 0.3 is 0 Å². The number of hydrogen-bond donors (Lipinski definition) is 0. The second-order valence-corrected chi connectivity index (χ2v) is 5.55. The van der Waals surface area contributed by atoms with Crippen molar-refractivity contribution in [2.24, 2.45) is 0 Å². The minimum atomic E-state index is 0.389. The highest BCUT2D eigenvalue weighted by molar-refractivity contribution is 5.82. The molecule has 19 heavy (non-hydrogen) atoms. The van der Waals surface area contributed by atoms with Gasteiger partial charge in [-0.1, -0.05) is 0 Å². The van der Waals surface area contributed by atoms with Crippen LogP contribution >= 0.6 is 0 Å². The topological polar surface area (TPSA) is 47.4 Å². The highest BCUT2D eigenvalue weighted by Gasteiger charge is 2.37. The molecule has 0 N–H and O–H groups in total. The highest BCUT2D eigenvalue weighted by atomic mass is 16.5. The molecule has 0 spiro atoms. The summed E-state index contributed by atoms with van der Waals surface area (Å²) in [6.45, 7) is 1.45. The summed E-state index contributed by atoms with van der Waals surface area (Å²) in [5, 5.41) is 4.39. The fourth-order valence-electron chi connectivity index (χ4n) is 3.39. The summed E-state index contributed by atoms with van der Waals surface area (Å²) in [6, 6.07) is 0.778. The molecule has 0 saturated carbocycles. The monoisotopic (exact) mass is 263 g/mol. The van der Waals surface area contributed by atoms with Crippen LogP contribution in [0.4, 0.5) is 5.69 Å². The molecule has 0 aromatic carbocycles. The second-order valence-electron chi connectivity index (χ2n) is 5.55. The van der Waals surface area contributed by atoms with Crippen LogP contribution in [-0.2, 0) is 16.1 Å². The molecular weight excluding hydrogens is 242 g/mol. The summed E-state index contributed by atoms with van der Waals surface area (Å²) in [6.07, 6.45) is 8.93. The third kappa shape index (κ3) is 2.52. The number of anilines is 1. The van der Waals surface area contributed by atoms with Gasteiger partial charge in [0, 0.05) is 38.2 Å². The van der Waals surface area contributed by atoms with Crippen LogP contribution in [0.3, 0.4) is 0 Å². The highest BCUT2D eigenvalue weighted by Crippen LogP contribution is 2.36. The molecule has 5 nitrogen and oxygen atoms in total. The van der Waals surface area contributed by atoms with Gasteiger partial charge in [0.2, 0.25) is 0 Å². The van der Waals surface area contributed by atoms with Gasteiger partial charge in [0.15, 0.2) is 0 Å². The van der Waals surface area contributed by atoms with Crippen molar-refractivity contribution in [1.29, 1.82) is 0 Å². The van der Waals surface area contributed by atoms with E-state index in [4.69, 9.17) is 4.74 Å². The molecule has 2 bridgehead atoms. The van der Waals surface area contributed by atoms with Gasteiger partial charge in [-0.25, -0.2) is 0 Å². The number of carbonyl (C=O) groups excluding carboxylic acids is 1. The lowest BCUT2D eigenvalue weighted by atomic mass is 9.83. The maximum absolute atomic E-state index is 11.7. The van der Waals surface area contributed by atoms with Crippen LogP contribution in [-0.4, -0.2) is 41.4 Å². The van der Waals surface area contributed by atoms with Crippen LogP contribution in [0.25, 0.3) is 0 Å². The van der Waals surface area contributed by atoms with Crippen molar-refractivity contribution in [3.63, 3.8) is 0 Å². The molecule has 2 aliphatic heterocycles. The molecular formula is C14H21N3O2. The largest absolute Gasteiger partial charge is 0.383 e. The second kappa shape index (κ2) is 5.33. The normalized spacial score (nSPS) is 26.8. The van der Waals surface area contributed by atoms with Gasteiger partial charge < -0.3 is 9.64 Å². The van der Waals surface area contributed by atoms with E-state index in [0.29, 0.717) is 37.3 Å². The summed E-state index contributed by atoms with van der Waals surface area (Å²) in [5.74, 6) is 0.428. The molecule has 0 aliphatic carbocycles. The lowest BCUT2D eigenvalue weighted by Crippen LogP contribution is -2.52. The first-order valence-corrected chi connectivity index (χ1v) is 7.09. The number of fused-ring (bicyclic) bond motifs is 2. The number of ether oxygens (including phenoxy) is 1. The maximum Gasteiger partial charge on any atom is 0.137 e. The predicted octanol–water partition coefficient (Wildman–Crippen LogP) is 1.62. The first kappa shape index (κ1) is 12.7. The molecule has 3 rings (SSSR count). The number of rotatable bonds is 4. The molecule has 2 unspecified atom stereocenters. The third-order valence-corrected chi connectivity index (χ3v) is 4.23. The van der Waals surface area contributed by atoms with Gasteiger partial charge in [0.1, 0.15) is 5.78 Å². The van der Waals surface area contributed by atoms with Crippen LogP contribution in [0.15, 0.2) is 12.4 Å². The first-order chi connectivity index (χ1) is 9.28. The van der Waals surface area contributed by atoms with Crippen molar-refractivity contribution >= 4 is 11.5 Å². The van der Waals surface area contributed by atoms with Gasteiger partial charge in [-0.15, -0.1) is 0 Å². The Kier molecular flexibility index (Phi) is 3.55. The smallest absolute Gasteiger partial charge is 0.137 e. The quantitative estimate of drug-likeness (QED) is 0.828. The maximum atomic E-state index is 11.7. The Hall–Kier alpha value is -1.36. The number of ketones is 1. The third-order valence-electron chi connectivity index (χ3n) is 4.23. The van der Waals surface area contributed by atoms with E-state index in [1.165, 1.54) is 12.1 Å². The van der Waals surface area contributed by atoms with Crippen molar-refractivity contribution < 1.29 is 9.53 Å². The van der Waals surface area contributed by atoms with Gasteiger partial charge in [0.25, 0.3) is 0 Å². The van der Waals surface area contributed by atoms with E-state index in [1.807, 2.05) is 10.9 Å². The average Bonchev–Trinajstić information content (AvgIpc) is 2.83. The minimum absolute atomic E-state index is 0.389. The SMILES string of the molecule is COCCn1cc(N2C3CCCC2CC(=O)C3)cn1. The fraction of sp³-hybridized carbons (Fsp3) is 0.714. The lowest BCUT2D eigenvalue weighted by molar-refractivity contribution is -0.121. The zero-order valence-electron chi connectivity index (χ0n) is 11.4. The molecule has 1 aromatic heterocycles. The first-order valence-electron chi connectivity index (χ1n) is 7.09. The number of hydrogen-bond acceptors (Lipinski definition) is 4. The van der Waals surface area contributed by atoms with E-state index in [9.17, 15) is 4.79 Å². The summed E-state index contributed by atoms with van der Waals surface area (Å²) in [4.78, 5) is 14.2. The Morgan fingerprint density at radius 3 is 2.79 bits per heavy atom. The van der Waals surface area contributed by atoms with Crippen LogP contribution in [0.5, 0.6) is 0 Å². The number of piperidine rings is 2. The van der Waals surface area contributed by atoms with E-state index < -0.39 is 0 Å². The number of Topliss-reactive ketones (excluding diaryl/α,β-unsaturated/α-hetero) is 1. The van der Waals surface area contributed by atoms with E-state index >= 15 is 0 Å². The minimum Gasteiger partial charge on any atom is -0.383 e. The summed E-state index contributed by atoms with van der Waals surface area (Å²) >= 11 is 0. The van der Waals surface area contributed by atoms with Crippen LogP contribution in [0.1, 0.15) is 32.1 Å². The summed E-state index contributed by atoms with van der Waals surface area (Å²) in [5.41, 5.74) is 1.17. The van der Waals surface area contributed by atoms with E-state index in [1.54, 1.807) is 7.11 Å². The molecule has 2 saturated heterocycles. The zero-order valence-corrected chi connectivity index (χ0v) is 11.4. The Labute approximate surface area is 113 Å². The molecule has 1 aromatic rings. The molecule has 3 heterocycles. The van der Waals surface area contributed by atoms with Crippen LogP contribution < -0.4 is 4.90 Å².